The monoisotopic (exact) mass is 280 g/mol. The van der Waals surface area contributed by atoms with Crippen molar-refractivity contribution in [1.82, 2.24) is 10.2 Å². The van der Waals surface area contributed by atoms with Crippen LogP contribution >= 0.6 is 0 Å². The number of methoxy groups -OCH3 is 2. The SMILES string of the molecule is COc1ccc(CN(C)CCNC(C)(C)C)c(OC)c1. The van der Waals surface area contributed by atoms with Crippen molar-refractivity contribution in [1.29, 1.82) is 0 Å². The third-order valence-corrected chi connectivity index (χ3v) is 3.08. The number of benzene rings is 1. The summed E-state index contributed by atoms with van der Waals surface area (Å²) in [5.41, 5.74) is 1.34. The van der Waals surface area contributed by atoms with Gasteiger partial charge < -0.3 is 19.7 Å². The normalized spacial score (nSPS) is 11.8. The van der Waals surface area contributed by atoms with Crippen molar-refractivity contribution in [2.75, 3.05) is 34.4 Å². The maximum absolute atomic E-state index is 5.43. The molecule has 0 aromatic heterocycles. The molecule has 0 amide bonds. The van der Waals surface area contributed by atoms with Crippen molar-refractivity contribution in [3.8, 4) is 11.5 Å². The summed E-state index contributed by atoms with van der Waals surface area (Å²) in [7, 11) is 5.48. The minimum Gasteiger partial charge on any atom is -0.497 e. The van der Waals surface area contributed by atoms with Crippen molar-refractivity contribution in [2.45, 2.75) is 32.9 Å². The van der Waals surface area contributed by atoms with Crippen molar-refractivity contribution >= 4 is 0 Å². The molecule has 4 nitrogen and oxygen atoms in total. The quantitative estimate of drug-likeness (QED) is 0.832. The van der Waals surface area contributed by atoms with E-state index in [1.54, 1.807) is 14.2 Å². The first-order chi connectivity index (χ1) is 9.35. The largest absolute Gasteiger partial charge is 0.497 e. The molecule has 0 radical (unpaired) electrons. The van der Waals surface area contributed by atoms with E-state index in [9.17, 15) is 0 Å². The van der Waals surface area contributed by atoms with E-state index in [2.05, 4.69) is 44.1 Å². The number of likely N-dealkylation sites (N-methyl/N-ethyl adjacent to an activating group) is 1. The van der Waals surface area contributed by atoms with Gasteiger partial charge in [0.1, 0.15) is 11.5 Å². The van der Waals surface area contributed by atoms with Gasteiger partial charge in [0.05, 0.1) is 14.2 Å². The maximum Gasteiger partial charge on any atom is 0.127 e. The molecule has 0 aliphatic rings. The van der Waals surface area contributed by atoms with Gasteiger partial charge in [0.15, 0.2) is 0 Å². The third kappa shape index (κ3) is 5.80. The van der Waals surface area contributed by atoms with Crippen LogP contribution in [-0.2, 0) is 6.54 Å². The number of ether oxygens (including phenoxy) is 2. The zero-order chi connectivity index (χ0) is 15.2. The highest BCUT2D eigenvalue weighted by Gasteiger charge is 2.10. The van der Waals surface area contributed by atoms with Crippen LogP contribution in [0.15, 0.2) is 18.2 Å². The zero-order valence-corrected chi connectivity index (χ0v) is 13.6. The lowest BCUT2D eigenvalue weighted by Gasteiger charge is -2.24. The summed E-state index contributed by atoms with van der Waals surface area (Å²) in [5.74, 6) is 1.70. The summed E-state index contributed by atoms with van der Waals surface area (Å²) in [5, 5.41) is 3.49. The van der Waals surface area contributed by atoms with Gasteiger partial charge in [-0.25, -0.2) is 0 Å². The van der Waals surface area contributed by atoms with Crippen LogP contribution in [0.5, 0.6) is 11.5 Å². The van der Waals surface area contributed by atoms with Crippen LogP contribution in [0.3, 0.4) is 0 Å². The van der Waals surface area contributed by atoms with Crippen LogP contribution < -0.4 is 14.8 Å². The minimum absolute atomic E-state index is 0.165. The fourth-order valence-electron chi connectivity index (χ4n) is 1.97. The number of nitrogens with zero attached hydrogens (tertiary/aromatic N) is 1. The topological polar surface area (TPSA) is 33.7 Å². The Labute approximate surface area is 123 Å². The molecule has 0 spiro atoms. The van der Waals surface area contributed by atoms with Gasteiger partial charge in [-0.15, -0.1) is 0 Å². The van der Waals surface area contributed by atoms with Gasteiger partial charge in [-0.2, -0.15) is 0 Å². The van der Waals surface area contributed by atoms with Gasteiger partial charge in [0.2, 0.25) is 0 Å². The minimum atomic E-state index is 0.165. The molecule has 0 heterocycles. The number of rotatable bonds is 7. The van der Waals surface area contributed by atoms with Crippen molar-refractivity contribution < 1.29 is 9.47 Å². The molecule has 1 rings (SSSR count). The summed E-state index contributed by atoms with van der Waals surface area (Å²) in [4.78, 5) is 2.28. The molecule has 20 heavy (non-hydrogen) atoms. The lowest BCUT2D eigenvalue weighted by molar-refractivity contribution is 0.297. The molecule has 114 valence electrons. The average molecular weight is 280 g/mol. The first kappa shape index (κ1) is 16.8. The first-order valence-electron chi connectivity index (χ1n) is 7.00. The zero-order valence-electron chi connectivity index (χ0n) is 13.6. The van der Waals surface area contributed by atoms with E-state index in [0.29, 0.717) is 0 Å². The lowest BCUT2D eigenvalue weighted by atomic mass is 10.1. The highest BCUT2D eigenvalue weighted by Crippen LogP contribution is 2.25. The molecule has 1 aromatic rings. The summed E-state index contributed by atoms with van der Waals surface area (Å²) < 4.78 is 10.6. The number of nitrogens with one attached hydrogen (secondary N) is 1. The third-order valence-electron chi connectivity index (χ3n) is 3.08. The van der Waals surface area contributed by atoms with E-state index < -0.39 is 0 Å². The summed E-state index contributed by atoms with van der Waals surface area (Å²) in [6.45, 7) is 9.36. The second-order valence-electron chi connectivity index (χ2n) is 6.09. The Hall–Kier alpha value is -1.26. The van der Waals surface area contributed by atoms with E-state index in [4.69, 9.17) is 9.47 Å². The highest BCUT2D eigenvalue weighted by molar-refractivity contribution is 5.40. The molecular weight excluding hydrogens is 252 g/mol. The van der Waals surface area contributed by atoms with Gasteiger partial charge >= 0.3 is 0 Å². The number of hydrogen-bond acceptors (Lipinski definition) is 4. The van der Waals surface area contributed by atoms with Crippen molar-refractivity contribution in [3.05, 3.63) is 23.8 Å². The standard InChI is InChI=1S/C16H28N2O2/c1-16(2,3)17-9-10-18(4)12-13-7-8-14(19-5)11-15(13)20-6/h7-8,11,17H,9-10,12H2,1-6H3. The molecule has 0 atom stereocenters. The molecule has 4 heteroatoms. The van der Waals surface area contributed by atoms with Crippen molar-refractivity contribution in [2.24, 2.45) is 0 Å². The summed E-state index contributed by atoms with van der Waals surface area (Å²) in [6, 6.07) is 5.96. The Morgan fingerprint density at radius 1 is 1.15 bits per heavy atom. The van der Waals surface area contributed by atoms with Gasteiger partial charge in [-0.05, 0) is 33.9 Å². The number of hydrogen-bond donors (Lipinski definition) is 1. The van der Waals surface area contributed by atoms with Crippen LogP contribution in [0.2, 0.25) is 0 Å². The molecule has 0 fully saturated rings. The fourth-order valence-corrected chi connectivity index (χ4v) is 1.97. The molecule has 0 bridgehead atoms. The average Bonchev–Trinajstić information content (AvgIpc) is 2.37. The van der Waals surface area contributed by atoms with Gasteiger partial charge in [-0.1, -0.05) is 6.07 Å². The molecular formula is C16H28N2O2. The maximum atomic E-state index is 5.43. The van der Waals surface area contributed by atoms with Crippen LogP contribution in [-0.4, -0.2) is 44.8 Å². The van der Waals surface area contributed by atoms with E-state index in [-0.39, 0.29) is 5.54 Å². The Morgan fingerprint density at radius 2 is 1.85 bits per heavy atom. The Morgan fingerprint density at radius 3 is 2.40 bits per heavy atom. The molecule has 1 aromatic carbocycles. The second-order valence-corrected chi connectivity index (χ2v) is 6.09. The van der Waals surface area contributed by atoms with E-state index in [0.717, 1.165) is 31.1 Å². The Balaban J connectivity index is 2.55. The van der Waals surface area contributed by atoms with Crippen LogP contribution in [0.4, 0.5) is 0 Å². The molecule has 0 aliphatic heterocycles. The fraction of sp³-hybridized carbons (Fsp3) is 0.625. The predicted molar refractivity (Wildman–Crippen MR) is 83.6 cm³/mol. The second kappa shape index (κ2) is 7.50. The smallest absolute Gasteiger partial charge is 0.127 e. The van der Waals surface area contributed by atoms with Crippen LogP contribution in [0, 0.1) is 0 Å². The Kier molecular flexibility index (Phi) is 6.30. The van der Waals surface area contributed by atoms with Crippen molar-refractivity contribution in [3.63, 3.8) is 0 Å². The first-order valence-corrected chi connectivity index (χ1v) is 7.00. The van der Waals surface area contributed by atoms with Crippen LogP contribution in [0.25, 0.3) is 0 Å². The molecule has 1 N–H and O–H groups in total. The van der Waals surface area contributed by atoms with Crippen LogP contribution in [0.1, 0.15) is 26.3 Å². The van der Waals surface area contributed by atoms with E-state index in [1.807, 2.05) is 12.1 Å². The summed E-state index contributed by atoms with van der Waals surface area (Å²) >= 11 is 0. The molecule has 0 aliphatic carbocycles. The Bertz CT molecular complexity index is 413. The van der Waals surface area contributed by atoms with Gasteiger partial charge in [0, 0.05) is 36.8 Å². The highest BCUT2D eigenvalue weighted by atomic mass is 16.5. The summed E-state index contributed by atoms with van der Waals surface area (Å²) in [6.07, 6.45) is 0. The molecule has 0 unspecified atom stereocenters. The van der Waals surface area contributed by atoms with E-state index >= 15 is 0 Å². The van der Waals surface area contributed by atoms with E-state index in [1.165, 1.54) is 5.56 Å². The van der Waals surface area contributed by atoms with Gasteiger partial charge in [0.25, 0.3) is 0 Å². The van der Waals surface area contributed by atoms with Gasteiger partial charge in [-0.3, -0.25) is 0 Å². The molecule has 0 saturated heterocycles. The molecule has 0 saturated carbocycles. The lowest BCUT2D eigenvalue weighted by Crippen LogP contribution is -2.40. The predicted octanol–water partition coefficient (Wildman–Crippen LogP) is 2.52.